The van der Waals surface area contributed by atoms with Crippen LogP contribution in [-0.2, 0) is 25.7 Å². The van der Waals surface area contributed by atoms with Crippen molar-refractivity contribution in [3.05, 3.63) is 262 Å². The largest absolute Gasteiger partial charge is 0.219 e. The maximum atomic E-state index is 4.54. The van der Waals surface area contributed by atoms with Gasteiger partial charge in [0.2, 0.25) is 0 Å². The first-order valence-electron chi connectivity index (χ1n) is 37.5. The average Bonchev–Trinajstić information content (AvgIpc) is 1.64. The molecular formula is C88H108N12Si4. The molecule has 0 N–H and O–H groups in total. The van der Waals surface area contributed by atoms with E-state index in [0.717, 1.165) is 95.6 Å². The fraction of sp³-hybridized carbons (Fsp3) is 0.318. The van der Waals surface area contributed by atoms with Gasteiger partial charge in [0.05, 0.1) is 0 Å². The van der Waals surface area contributed by atoms with Crippen molar-refractivity contribution in [2.24, 2.45) is 0 Å². The predicted molar refractivity (Wildman–Crippen MR) is 448 cm³/mol. The summed E-state index contributed by atoms with van der Waals surface area (Å²) in [6, 6.07) is 62.7. The summed E-state index contributed by atoms with van der Waals surface area (Å²) in [6.45, 7) is 51.0. The van der Waals surface area contributed by atoms with Crippen LogP contribution in [0.25, 0.3) is 44.5 Å². The van der Waals surface area contributed by atoms with Crippen molar-refractivity contribution in [1.82, 2.24) is 59.8 Å². The van der Waals surface area contributed by atoms with Crippen molar-refractivity contribution in [2.75, 3.05) is 0 Å². The van der Waals surface area contributed by atoms with Gasteiger partial charge >= 0.3 is 0 Å². The standard InChI is InChI=1S/4C20H21N3Si.4C2H6/c1-13-21-14(2)23-19(22-13)12-15-8-7-10-17-16-9-5-6-11-18(16)24(3,4)20(15)17;1-13-21-14(2)23-19(22-13)12-15-8-7-11-18-20(15)16-9-5-6-10-17(16)24(18,3)4;1-13-21-14(2)23-20(22-13)12-15-9-10-19-17(11-15)16-7-5-6-8-18(16)24(19,3)4;1-13-21-14(2)23-20(22-13)12-15-9-10-17-16-7-5-6-8-18(16)24(3,4)19(17)11-15;4*1-2/h4*5-11H,12H2,1-4H3;4*1-2H3. The predicted octanol–water partition coefficient (Wildman–Crippen LogP) is 15.6. The number of rotatable bonds is 8. The van der Waals surface area contributed by atoms with Gasteiger partial charge in [-0.25, -0.2) is 59.8 Å². The van der Waals surface area contributed by atoms with Gasteiger partial charge in [-0.05, 0) is 164 Å². The third-order valence-electron chi connectivity index (χ3n) is 19.7. The second-order valence-corrected chi connectivity index (χ2v) is 45.5. The van der Waals surface area contributed by atoms with Crippen molar-refractivity contribution in [1.29, 1.82) is 0 Å². The van der Waals surface area contributed by atoms with Gasteiger partial charge in [-0.1, -0.05) is 278 Å². The van der Waals surface area contributed by atoms with Crippen LogP contribution in [-0.4, -0.2) is 92.1 Å². The molecule has 16 heteroatoms. The van der Waals surface area contributed by atoms with Crippen molar-refractivity contribution in [3.8, 4) is 44.5 Å². The first-order valence-corrected chi connectivity index (χ1v) is 49.5. The Morgan fingerprint density at radius 3 is 0.971 bits per heavy atom. The third kappa shape index (κ3) is 16.6. The number of aryl methyl sites for hydroxylation is 8. The van der Waals surface area contributed by atoms with E-state index in [1.807, 2.05) is 111 Å². The summed E-state index contributed by atoms with van der Waals surface area (Å²) in [5.41, 5.74) is 16.5. The molecule has 0 spiro atoms. The van der Waals surface area contributed by atoms with Crippen LogP contribution in [0.4, 0.5) is 0 Å². The second-order valence-electron chi connectivity index (χ2n) is 28.2. The van der Waals surface area contributed by atoms with Crippen LogP contribution in [0.3, 0.4) is 0 Å². The molecule has 4 aliphatic heterocycles. The summed E-state index contributed by atoms with van der Waals surface area (Å²) in [4.78, 5) is 53.2. The number of benzene rings is 8. The van der Waals surface area contributed by atoms with Gasteiger partial charge in [0.15, 0.2) is 0 Å². The molecule has 0 fully saturated rings. The molecule has 12 nitrogen and oxygen atoms in total. The van der Waals surface area contributed by atoms with E-state index >= 15 is 0 Å². The minimum Gasteiger partial charge on any atom is -0.219 e. The van der Waals surface area contributed by atoms with Crippen molar-refractivity contribution in [3.63, 3.8) is 0 Å². The monoisotopic (exact) mass is 1440 g/mol. The summed E-state index contributed by atoms with van der Waals surface area (Å²) < 4.78 is 0. The van der Waals surface area contributed by atoms with E-state index < -0.39 is 32.3 Å². The minimum absolute atomic E-state index is 0.752. The van der Waals surface area contributed by atoms with Gasteiger partial charge in [-0.15, -0.1) is 0 Å². The van der Waals surface area contributed by atoms with Crippen molar-refractivity contribution in [2.45, 2.75) is 189 Å². The highest BCUT2D eigenvalue weighted by atomic mass is 28.3. The Morgan fingerprint density at radius 1 is 0.221 bits per heavy atom. The number of hydrogen-bond acceptors (Lipinski definition) is 12. The van der Waals surface area contributed by atoms with E-state index in [0.29, 0.717) is 0 Å². The van der Waals surface area contributed by atoms with Crippen LogP contribution >= 0.6 is 0 Å². The van der Waals surface area contributed by atoms with Gasteiger partial charge in [0.25, 0.3) is 0 Å². The Morgan fingerprint density at radius 2 is 0.510 bits per heavy atom. The van der Waals surface area contributed by atoms with Gasteiger partial charge in [-0.2, -0.15) is 0 Å². The second kappa shape index (κ2) is 33.6. The third-order valence-corrected chi connectivity index (χ3v) is 34.0. The Labute approximate surface area is 624 Å². The molecule has 4 aliphatic rings. The molecular weight excluding hydrogens is 1340 g/mol. The SMILES string of the molecule is CC.CC.CC.CC.Cc1nc(C)nc(Cc2ccc3c(c2)-c2ccccc2[Si]3(C)C)n1.Cc1nc(C)nc(Cc2ccc3c(c2)[Si](C)(C)c2ccccc2-3)n1.Cc1nc(C)nc(Cc2cccc3c2-c2ccccc2[Si]3(C)C)n1.Cc1nc(C)nc(Cc2cccc3c2[Si](C)(C)c2ccccc2-3)n1. The molecule has 0 bridgehead atoms. The van der Waals surface area contributed by atoms with E-state index in [-0.39, 0.29) is 0 Å². The maximum absolute atomic E-state index is 4.54. The molecule has 0 amide bonds. The highest BCUT2D eigenvalue weighted by Gasteiger charge is 2.41. The lowest BCUT2D eigenvalue weighted by atomic mass is 9.97. The van der Waals surface area contributed by atoms with Crippen LogP contribution < -0.4 is 41.5 Å². The van der Waals surface area contributed by atoms with E-state index in [9.17, 15) is 0 Å². The van der Waals surface area contributed by atoms with Crippen LogP contribution in [0.1, 0.15) is 148 Å². The van der Waals surface area contributed by atoms with Crippen molar-refractivity contribution < 1.29 is 0 Å². The molecule has 4 aromatic heterocycles. The lowest BCUT2D eigenvalue weighted by molar-refractivity contribution is 0.843. The smallest absolute Gasteiger partial charge is 0.136 e. The van der Waals surface area contributed by atoms with Crippen LogP contribution in [0, 0.1) is 55.4 Å². The van der Waals surface area contributed by atoms with Crippen LogP contribution in [0.5, 0.6) is 0 Å². The lowest BCUT2D eigenvalue weighted by Gasteiger charge is -2.22. The molecule has 8 heterocycles. The zero-order chi connectivity index (χ0) is 75.6. The number of hydrogen-bond donors (Lipinski definition) is 0. The topological polar surface area (TPSA) is 155 Å². The summed E-state index contributed by atoms with van der Waals surface area (Å²) in [7, 11) is -6.44. The van der Waals surface area contributed by atoms with Gasteiger partial charge in [0, 0.05) is 25.7 Å². The lowest BCUT2D eigenvalue weighted by Crippen LogP contribution is -2.50. The van der Waals surface area contributed by atoms with E-state index in [1.54, 1.807) is 15.6 Å². The number of aromatic nitrogens is 12. The molecule has 0 unspecified atom stereocenters. The summed E-state index contributed by atoms with van der Waals surface area (Å²) in [5.74, 6) is 9.77. The summed E-state index contributed by atoms with van der Waals surface area (Å²) in [6.07, 6.45) is 3.05. The highest BCUT2D eigenvalue weighted by Crippen LogP contribution is 2.35. The molecule has 12 aromatic rings. The molecule has 0 saturated heterocycles. The zero-order valence-electron chi connectivity index (χ0n) is 66.4. The minimum atomic E-state index is -1.68. The molecule has 104 heavy (non-hydrogen) atoms. The molecule has 16 rings (SSSR count). The van der Waals surface area contributed by atoms with Gasteiger partial charge in [0.1, 0.15) is 102 Å². The quantitative estimate of drug-likeness (QED) is 0.133. The van der Waals surface area contributed by atoms with Crippen molar-refractivity contribution >= 4 is 73.8 Å². The van der Waals surface area contributed by atoms with E-state index in [4.69, 9.17) is 0 Å². The highest BCUT2D eigenvalue weighted by molar-refractivity contribution is 7.05. The van der Waals surface area contributed by atoms with E-state index in [1.165, 1.54) is 92.7 Å². The number of fused-ring (bicyclic) bond motifs is 12. The Bertz CT molecular complexity index is 4950. The average molecular weight is 1450 g/mol. The summed E-state index contributed by atoms with van der Waals surface area (Å²) in [5, 5.41) is 12.3. The Balaban J connectivity index is 0.000000156. The number of nitrogens with zero attached hydrogens (tertiary/aromatic N) is 12. The van der Waals surface area contributed by atoms with Gasteiger partial charge in [-0.3, -0.25) is 0 Å². The molecule has 536 valence electrons. The molecule has 0 radical (unpaired) electrons. The Kier molecular flexibility index (Phi) is 25.5. The molecule has 0 saturated carbocycles. The van der Waals surface area contributed by atoms with E-state index in [2.05, 4.69) is 282 Å². The fourth-order valence-electron chi connectivity index (χ4n) is 15.6. The fourth-order valence-corrected chi connectivity index (χ4v) is 28.4. The first kappa shape index (κ1) is 78.8. The summed E-state index contributed by atoms with van der Waals surface area (Å²) >= 11 is 0. The van der Waals surface area contributed by atoms with Crippen LogP contribution in [0.2, 0.25) is 52.4 Å². The molecule has 8 aromatic carbocycles. The Hall–Kier alpha value is -9.33. The first-order chi connectivity index (χ1) is 49.8. The normalized spacial score (nSPS) is 13.5. The zero-order valence-corrected chi connectivity index (χ0v) is 70.4. The molecule has 0 atom stereocenters. The van der Waals surface area contributed by atoms with Crippen LogP contribution in [0.15, 0.2) is 170 Å². The molecule has 0 aliphatic carbocycles. The maximum Gasteiger partial charge on any atom is 0.136 e. The van der Waals surface area contributed by atoms with Gasteiger partial charge < -0.3 is 0 Å².